The summed E-state index contributed by atoms with van der Waals surface area (Å²) in [4.78, 5) is 0. The Balaban J connectivity index is 2.54. The van der Waals surface area contributed by atoms with Crippen molar-refractivity contribution >= 4 is 10.9 Å². The topological polar surface area (TPSA) is 17.8 Å². The number of fused-ring (bicyclic) bond motifs is 1. The fraction of sp³-hybridized carbons (Fsp3) is 0.562. The summed E-state index contributed by atoms with van der Waals surface area (Å²) in [5.41, 5.74) is 3.56. The van der Waals surface area contributed by atoms with Gasteiger partial charge in [-0.2, -0.15) is 5.10 Å². The summed E-state index contributed by atoms with van der Waals surface area (Å²) < 4.78 is 15.0. The lowest BCUT2D eigenvalue weighted by molar-refractivity contribution is 0.340. The maximum atomic E-state index is 13.0. The lowest BCUT2D eigenvalue weighted by atomic mass is 9.85. The van der Waals surface area contributed by atoms with Crippen LogP contribution in [-0.2, 0) is 18.9 Å². The molecule has 104 valence electrons. The Bertz CT molecular complexity index is 576. The molecule has 2 rings (SSSR count). The minimum Gasteiger partial charge on any atom is -0.267 e. The zero-order valence-electron chi connectivity index (χ0n) is 12.5. The first-order valence-electron chi connectivity index (χ1n) is 6.90. The lowest BCUT2D eigenvalue weighted by Crippen LogP contribution is -2.12. The first-order chi connectivity index (χ1) is 8.80. The molecule has 1 unspecified atom stereocenters. The Morgan fingerprint density at radius 2 is 2.00 bits per heavy atom. The van der Waals surface area contributed by atoms with Crippen molar-refractivity contribution in [3.05, 3.63) is 29.5 Å². The van der Waals surface area contributed by atoms with E-state index in [1.807, 2.05) is 11.7 Å². The van der Waals surface area contributed by atoms with Gasteiger partial charge in [0.05, 0.1) is 17.4 Å². The summed E-state index contributed by atoms with van der Waals surface area (Å²) >= 11 is 0. The van der Waals surface area contributed by atoms with E-state index in [9.17, 15) is 4.39 Å². The fourth-order valence-electron chi connectivity index (χ4n) is 2.54. The Morgan fingerprint density at radius 3 is 2.58 bits per heavy atom. The highest BCUT2D eigenvalue weighted by Gasteiger charge is 2.20. The number of aromatic nitrogens is 2. The van der Waals surface area contributed by atoms with E-state index in [4.69, 9.17) is 0 Å². The van der Waals surface area contributed by atoms with Crippen LogP contribution in [0.15, 0.2) is 18.2 Å². The molecule has 0 bridgehead atoms. The van der Waals surface area contributed by atoms with Crippen molar-refractivity contribution in [3.63, 3.8) is 0 Å². The van der Waals surface area contributed by atoms with E-state index in [1.54, 1.807) is 6.92 Å². The van der Waals surface area contributed by atoms with Crippen LogP contribution in [0.3, 0.4) is 0 Å². The number of aryl methyl sites for hydroxylation is 2. The number of hydrogen-bond acceptors (Lipinski definition) is 1. The predicted molar refractivity (Wildman–Crippen MR) is 78.3 cm³/mol. The largest absolute Gasteiger partial charge is 0.267 e. The number of para-hydroxylation sites is 1. The Hall–Kier alpha value is -1.38. The molecule has 0 radical (unpaired) electrons. The molecule has 1 atom stereocenters. The molecule has 0 aliphatic heterocycles. The van der Waals surface area contributed by atoms with Crippen LogP contribution in [0, 0.1) is 0 Å². The van der Waals surface area contributed by atoms with Crippen LogP contribution < -0.4 is 0 Å². The van der Waals surface area contributed by atoms with Crippen LogP contribution in [0.4, 0.5) is 4.39 Å². The smallest absolute Gasteiger partial charge is 0.0977 e. The number of nitrogens with zero attached hydrogens (tertiary/aromatic N) is 2. The quantitative estimate of drug-likeness (QED) is 0.812. The molecule has 3 heteroatoms. The van der Waals surface area contributed by atoms with Gasteiger partial charge in [0.2, 0.25) is 0 Å². The summed E-state index contributed by atoms with van der Waals surface area (Å²) in [5.74, 6) is 0. The van der Waals surface area contributed by atoms with E-state index in [1.165, 1.54) is 11.1 Å². The minimum absolute atomic E-state index is 0.0813. The summed E-state index contributed by atoms with van der Waals surface area (Å²) in [6.07, 6.45) is 0.455. The van der Waals surface area contributed by atoms with Gasteiger partial charge >= 0.3 is 0 Å². The van der Waals surface area contributed by atoms with Crippen molar-refractivity contribution in [3.8, 4) is 0 Å². The average molecular weight is 262 g/mol. The molecular formula is C16H23FN2. The van der Waals surface area contributed by atoms with Crippen LogP contribution in [0.5, 0.6) is 0 Å². The maximum Gasteiger partial charge on any atom is 0.0977 e. The average Bonchev–Trinajstić information content (AvgIpc) is 2.63. The van der Waals surface area contributed by atoms with Crippen molar-refractivity contribution in [2.24, 2.45) is 7.05 Å². The summed E-state index contributed by atoms with van der Waals surface area (Å²) in [7, 11) is 1.97. The zero-order valence-corrected chi connectivity index (χ0v) is 12.5. The lowest BCUT2D eigenvalue weighted by Gasteiger charge is -2.20. The van der Waals surface area contributed by atoms with Gasteiger partial charge < -0.3 is 0 Å². The fourth-order valence-corrected chi connectivity index (χ4v) is 2.54. The van der Waals surface area contributed by atoms with E-state index >= 15 is 0 Å². The van der Waals surface area contributed by atoms with E-state index in [-0.39, 0.29) is 5.41 Å². The second-order valence-electron chi connectivity index (χ2n) is 6.34. The molecule has 0 amide bonds. The molecule has 0 saturated heterocycles. The predicted octanol–water partition coefficient (Wildman–Crippen LogP) is 4.16. The van der Waals surface area contributed by atoms with Gasteiger partial charge in [-0.15, -0.1) is 0 Å². The van der Waals surface area contributed by atoms with Crippen LogP contribution in [0.1, 0.15) is 45.4 Å². The monoisotopic (exact) mass is 262 g/mol. The number of hydrogen-bond donors (Lipinski definition) is 0. The van der Waals surface area contributed by atoms with Crippen molar-refractivity contribution < 1.29 is 4.39 Å². The number of benzene rings is 1. The summed E-state index contributed by atoms with van der Waals surface area (Å²) in [5, 5.41) is 5.75. The first-order valence-corrected chi connectivity index (χ1v) is 6.90. The molecule has 19 heavy (non-hydrogen) atoms. The molecule has 0 aliphatic rings. The van der Waals surface area contributed by atoms with Crippen molar-refractivity contribution in [2.45, 2.75) is 52.1 Å². The maximum absolute atomic E-state index is 13.0. The first kappa shape index (κ1) is 14.0. The SMILES string of the molecule is CC(F)CCc1nn(C)c2c(C(C)(C)C)cccc12. The highest BCUT2D eigenvalue weighted by molar-refractivity contribution is 5.85. The third-order valence-electron chi connectivity index (χ3n) is 3.53. The van der Waals surface area contributed by atoms with Crippen molar-refractivity contribution in [1.82, 2.24) is 9.78 Å². The molecule has 2 aromatic rings. The Kier molecular flexibility index (Phi) is 3.66. The van der Waals surface area contributed by atoms with E-state index in [2.05, 4.69) is 44.1 Å². The van der Waals surface area contributed by atoms with Gasteiger partial charge in [-0.1, -0.05) is 39.0 Å². The number of alkyl halides is 1. The third-order valence-corrected chi connectivity index (χ3v) is 3.53. The third kappa shape index (κ3) is 2.80. The van der Waals surface area contributed by atoms with Gasteiger partial charge in [-0.05, 0) is 30.7 Å². The van der Waals surface area contributed by atoms with Gasteiger partial charge in [0, 0.05) is 12.4 Å². The molecule has 0 fully saturated rings. The summed E-state index contributed by atoms with van der Waals surface area (Å²) in [6, 6.07) is 6.33. The second-order valence-corrected chi connectivity index (χ2v) is 6.34. The molecule has 1 aromatic heterocycles. The van der Waals surface area contributed by atoms with Gasteiger partial charge in [0.1, 0.15) is 0 Å². The number of halogens is 1. The highest BCUT2D eigenvalue weighted by Crippen LogP contribution is 2.31. The van der Waals surface area contributed by atoms with Crippen LogP contribution in [-0.4, -0.2) is 16.0 Å². The Morgan fingerprint density at radius 1 is 1.32 bits per heavy atom. The van der Waals surface area contributed by atoms with Crippen LogP contribution in [0.2, 0.25) is 0 Å². The van der Waals surface area contributed by atoms with Crippen molar-refractivity contribution in [2.75, 3.05) is 0 Å². The molecule has 1 heterocycles. The standard InChI is InChI=1S/C16H23FN2/c1-11(17)9-10-14-12-7-6-8-13(16(2,3)4)15(12)19(5)18-14/h6-8,11H,9-10H2,1-5H3. The van der Waals surface area contributed by atoms with E-state index < -0.39 is 6.17 Å². The van der Waals surface area contributed by atoms with Crippen molar-refractivity contribution in [1.29, 1.82) is 0 Å². The molecular weight excluding hydrogens is 239 g/mol. The van der Waals surface area contributed by atoms with Gasteiger partial charge in [-0.25, -0.2) is 4.39 Å². The van der Waals surface area contributed by atoms with Crippen LogP contribution >= 0.6 is 0 Å². The van der Waals surface area contributed by atoms with Gasteiger partial charge in [0.25, 0.3) is 0 Å². The van der Waals surface area contributed by atoms with E-state index in [0.29, 0.717) is 12.8 Å². The minimum atomic E-state index is -0.775. The Labute approximate surface area is 114 Å². The zero-order chi connectivity index (χ0) is 14.2. The molecule has 0 spiro atoms. The van der Waals surface area contributed by atoms with Crippen LogP contribution in [0.25, 0.3) is 10.9 Å². The second kappa shape index (κ2) is 4.95. The normalized spacial score (nSPS) is 14.0. The molecule has 0 N–H and O–H groups in total. The number of rotatable bonds is 3. The highest BCUT2D eigenvalue weighted by atomic mass is 19.1. The summed E-state index contributed by atoms with van der Waals surface area (Å²) in [6.45, 7) is 8.22. The molecule has 1 aromatic carbocycles. The van der Waals surface area contributed by atoms with Gasteiger partial charge in [-0.3, -0.25) is 4.68 Å². The molecule has 0 saturated carbocycles. The van der Waals surface area contributed by atoms with E-state index in [0.717, 1.165) is 11.1 Å². The van der Waals surface area contributed by atoms with Gasteiger partial charge in [0.15, 0.2) is 0 Å². The molecule has 2 nitrogen and oxygen atoms in total. The molecule has 0 aliphatic carbocycles.